The lowest BCUT2D eigenvalue weighted by atomic mass is 10.2. The number of nitrogens with one attached hydrogen (secondary N) is 1. The molecule has 0 aromatic carbocycles. The highest BCUT2D eigenvalue weighted by Crippen LogP contribution is 2.29. The van der Waals surface area contributed by atoms with E-state index in [4.69, 9.17) is 9.84 Å². The number of rotatable bonds is 6. The molecule has 1 aromatic rings. The highest BCUT2D eigenvalue weighted by atomic mass is 35.5. The van der Waals surface area contributed by atoms with Crippen molar-refractivity contribution < 1.29 is 4.74 Å². The van der Waals surface area contributed by atoms with Gasteiger partial charge in [-0.25, -0.2) is 0 Å². The molecule has 1 saturated carbocycles. The van der Waals surface area contributed by atoms with Crippen LogP contribution in [-0.2, 0) is 11.3 Å². The zero-order valence-electron chi connectivity index (χ0n) is 14.0. The molecule has 134 valence electrons. The van der Waals surface area contributed by atoms with Crippen LogP contribution in [0.4, 0.5) is 0 Å². The van der Waals surface area contributed by atoms with E-state index in [1.165, 1.54) is 36.9 Å². The van der Waals surface area contributed by atoms with Gasteiger partial charge in [-0.1, -0.05) is 12.8 Å². The number of hydrogen-bond donors (Lipinski definition) is 1. The summed E-state index contributed by atoms with van der Waals surface area (Å²) in [5.74, 6) is 0. The summed E-state index contributed by atoms with van der Waals surface area (Å²) in [6.45, 7) is 9.11. The molecule has 1 aromatic heterocycles. The van der Waals surface area contributed by atoms with Gasteiger partial charge in [-0.3, -0.25) is 9.58 Å². The third kappa shape index (κ3) is 5.91. The maximum Gasteiger partial charge on any atom is 0.0638 e. The van der Waals surface area contributed by atoms with Gasteiger partial charge < -0.3 is 10.1 Å². The van der Waals surface area contributed by atoms with E-state index in [1.807, 2.05) is 0 Å². The van der Waals surface area contributed by atoms with Crippen LogP contribution < -0.4 is 5.32 Å². The molecular formula is C16H30Cl2N4O. The Morgan fingerprint density at radius 3 is 2.61 bits per heavy atom. The van der Waals surface area contributed by atoms with Gasteiger partial charge in [0.15, 0.2) is 0 Å². The molecule has 2 heterocycles. The van der Waals surface area contributed by atoms with Crippen molar-refractivity contribution >= 4 is 24.8 Å². The molecule has 3 rings (SSSR count). The summed E-state index contributed by atoms with van der Waals surface area (Å²) in [6.07, 6.45) is 7.57. The topological polar surface area (TPSA) is 42.3 Å². The Hall–Kier alpha value is -0.330. The molecule has 2 fully saturated rings. The van der Waals surface area contributed by atoms with Gasteiger partial charge in [-0.15, -0.1) is 24.8 Å². The van der Waals surface area contributed by atoms with Crippen molar-refractivity contribution in [2.24, 2.45) is 0 Å². The molecule has 1 saturated heterocycles. The number of aryl methyl sites for hydroxylation is 1. The second kappa shape index (κ2) is 10.5. The van der Waals surface area contributed by atoms with Crippen LogP contribution in [0.5, 0.6) is 0 Å². The van der Waals surface area contributed by atoms with Crippen molar-refractivity contribution in [1.29, 1.82) is 0 Å². The number of hydrogen-bond acceptors (Lipinski definition) is 4. The first-order valence-corrected chi connectivity index (χ1v) is 8.38. The van der Waals surface area contributed by atoms with Gasteiger partial charge in [0.25, 0.3) is 0 Å². The Kier molecular flexibility index (Phi) is 9.47. The van der Waals surface area contributed by atoms with Gasteiger partial charge >= 0.3 is 0 Å². The summed E-state index contributed by atoms with van der Waals surface area (Å²) in [4.78, 5) is 2.46. The predicted octanol–water partition coefficient (Wildman–Crippen LogP) is 2.57. The fourth-order valence-electron chi connectivity index (χ4n) is 3.33. The minimum Gasteiger partial charge on any atom is -0.379 e. The Labute approximate surface area is 152 Å². The highest BCUT2D eigenvalue weighted by Gasteiger charge is 2.18. The molecule has 0 atom stereocenters. The minimum absolute atomic E-state index is 0. The number of ether oxygens (including phenoxy) is 1. The Balaban J connectivity index is 0.00000132. The molecule has 2 aliphatic rings. The smallest absolute Gasteiger partial charge is 0.0638 e. The lowest BCUT2D eigenvalue weighted by molar-refractivity contribution is 0.0384. The average molecular weight is 365 g/mol. The third-order valence-corrected chi connectivity index (χ3v) is 4.74. The van der Waals surface area contributed by atoms with E-state index < -0.39 is 0 Å². The van der Waals surface area contributed by atoms with Crippen molar-refractivity contribution in [3.8, 4) is 0 Å². The Morgan fingerprint density at radius 2 is 1.91 bits per heavy atom. The van der Waals surface area contributed by atoms with Crippen molar-refractivity contribution in [2.75, 3.05) is 39.4 Å². The number of aromatic nitrogens is 2. The fourth-order valence-corrected chi connectivity index (χ4v) is 3.33. The summed E-state index contributed by atoms with van der Waals surface area (Å²) in [5.41, 5.74) is 2.53. The quantitative estimate of drug-likeness (QED) is 0.787. The molecule has 0 radical (unpaired) electrons. The third-order valence-electron chi connectivity index (χ3n) is 4.74. The van der Waals surface area contributed by atoms with E-state index in [9.17, 15) is 0 Å². The first-order valence-electron chi connectivity index (χ1n) is 8.38. The summed E-state index contributed by atoms with van der Waals surface area (Å²) in [6, 6.07) is 0.644. The van der Waals surface area contributed by atoms with E-state index in [1.54, 1.807) is 0 Å². The van der Waals surface area contributed by atoms with Crippen LogP contribution >= 0.6 is 24.8 Å². The van der Waals surface area contributed by atoms with Crippen molar-refractivity contribution in [3.63, 3.8) is 0 Å². The molecular weight excluding hydrogens is 335 g/mol. The summed E-state index contributed by atoms with van der Waals surface area (Å²) in [5, 5.41) is 8.27. The van der Waals surface area contributed by atoms with Gasteiger partial charge in [0.05, 0.1) is 24.9 Å². The summed E-state index contributed by atoms with van der Waals surface area (Å²) < 4.78 is 7.58. The molecule has 5 nitrogen and oxygen atoms in total. The number of nitrogens with zero attached hydrogens (tertiary/aromatic N) is 3. The van der Waals surface area contributed by atoms with Gasteiger partial charge in [0, 0.05) is 44.5 Å². The zero-order chi connectivity index (χ0) is 14.5. The van der Waals surface area contributed by atoms with E-state index in [0.717, 1.165) is 45.9 Å². The molecule has 0 unspecified atom stereocenters. The van der Waals surface area contributed by atoms with Crippen LogP contribution in [0.25, 0.3) is 0 Å². The molecule has 0 amide bonds. The van der Waals surface area contributed by atoms with E-state index in [2.05, 4.69) is 28.0 Å². The molecule has 23 heavy (non-hydrogen) atoms. The van der Waals surface area contributed by atoms with Gasteiger partial charge in [-0.05, 0) is 19.8 Å². The monoisotopic (exact) mass is 364 g/mol. The normalized spacial score (nSPS) is 19.3. The highest BCUT2D eigenvalue weighted by molar-refractivity contribution is 5.85. The van der Waals surface area contributed by atoms with Crippen LogP contribution in [0.1, 0.15) is 43.0 Å². The molecule has 7 heteroatoms. The van der Waals surface area contributed by atoms with E-state index in [-0.39, 0.29) is 24.8 Å². The number of morpholine rings is 1. The first-order chi connectivity index (χ1) is 10.3. The van der Waals surface area contributed by atoms with E-state index in [0.29, 0.717) is 6.04 Å². The van der Waals surface area contributed by atoms with Crippen molar-refractivity contribution in [3.05, 3.63) is 17.5 Å². The largest absolute Gasteiger partial charge is 0.379 e. The fraction of sp³-hybridized carbons (Fsp3) is 0.812. The molecule has 0 bridgehead atoms. The molecule has 1 aliphatic carbocycles. The number of halogens is 2. The maximum absolute atomic E-state index is 5.37. The standard InChI is InChI=1S/C16H28N4O.2ClH/c1-14-15(13-20(18-14)16-4-2-3-5-16)12-17-6-7-19-8-10-21-11-9-19;;/h13,16-17H,2-12H2,1H3;2*1H. The summed E-state index contributed by atoms with van der Waals surface area (Å²) in [7, 11) is 0. The second-order valence-electron chi connectivity index (χ2n) is 6.29. The predicted molar refractivity (Wildman–Crippen MR) is 97.9 cm³/mol. The van der Waals surface area contributed by atoms with Crippen molar-refractivity contribution in [1.82, 2.24) is 20.0 Å². The summed E-state index contributed by atoms with van der Waals surface area (Å²) >= 11 is 0. The average Bonchev–Trinajstić information content (AvgIpc) is 3.15. The Bertz CT molecular complexity index is 443. The maximum atomic E-state index is 5.37. The molecule has 1 aliphatic heterocycles. The van der Waals surface area contributed by atoms with Gasteiger partial charge in [0.2, 0.25) is 0 Å². The van der Waals surface area contributed by atoms with Crippen LogP contribution in [0.15, 0.2) is 6.20 Å². The zero-order valence-corrected chi connectivity index (χ0v) is 15.6. The van der Waals surface area contributed by atoms with Crippen LogP contribution in [0.3, 0.4) is 0 Å². The second-order valence-corrected chi connectivity index (χ2v) is 6.29. The Morgan fingerprint density at radius 1 is 1.22 bits per heavy atom. The van der Waals surface area contributed by atoms with Crippen LogP contribution in [-0.4, -0.2) is 54.1 Å². The lowest BCUT2D eigenvalue weighted by Gasteiger charge is -2.26. The van der Waals surface area contributed by atoms with Crippen LogP contribution in [0.2, 0.25) is 0 Å². The first kappa shape index (κ1) is 20.7. The molecule has 1 N–H and O–H groups in total. The van der Waals surface area contributed by atoms with Crippen molar-refractivity contribution in [2.45, 2.75) is 45.2 Å². The van der Waals surface area contributed by atoms with Gasteiger partial charge in [-0.2, -0.15) is 5.10 Å². The SMILES string of the molecule is Cc1nn(C2CCCC2)cc1CNCCN1CCOCC1.Cl.Cl. The van der Waals surface area contributed by atoms with E-state index >= 15 is 0 Å². The van der Waals surface area contributed by atoms with Gasteiger partial charge in [0.1, 0.15) is 0 Å². The molecule has 0 spiro atoms. The lowest BCUT2D eigenvalue weighted by Crippen LogP contribution is -2.40. The van der Waals surface area contributed by atoms with Crippen LogP contribution in [0, 0.1) is 6.92 Å². The minimum atomic E-state index is 0.